The Labute approximate surface area is 168 Å². The van der Waals surface area contributed by atoms with E-state index in [2.05, 4.69) is 20.9 Å². The molecule has 3 aromatic rings. The summed E-state index contributed by atoms with van der Waals surface area (Å²) in [5.41, 5.74) is 1.20. The zero-order valence-corrected chi connectivity index (χ0v) is 15.9. The molecule has 0 aliphatic carbocycles. The lowest BCUT2D eigenvalue weighted by atomic mass is 10.1. The topological polar surface area (TPSA) is 88.1 Å². The summed E-state index contributed by atoms with van der Waals surface area (Å²) in [5.74, 6) is -0.920. The highest BCUT2D eigenvalue weighted by molar-refractivity contribution is 5.94. The summed E-state index contributed by atoms with van der Waals surface area (Å²) in [5, 5.41) is 7.99. The van der Waals surface area contributed by atoms with Crippen LogP contribution in [0.3, 0.4) is 0 Å². The maximum absolute atomic E-state index is 14.1. The minimum atomic E-state index is -0.578. The molecule has 1 heterocycles. The molecule has 7 nitrogen and oxygen atoms in total. The van der Waals surface area contributed by atoms with Crippen molar-refractivity contribution in [3.63, 3.8) is 0 Å². The quantitative estimate of drug-likeness (QED) is 0.573. The van der Waals surface area contributed by atoms with Crippen LogP contribution in [0.15, 0.2) is 67.3 Å². The summed E-state index contributed by atoms with van der Waals surface area (Å²) in [4.78, 5) is 28.3. The number of urea groups is 1. The van der Waals surface area contributed by atoms with E-state index in [-0.39, 0.29) is 24.1 Å². The molecule has 0 bridgehead atoms. The lowest BCUT2D eigenvalue weighted by Gasteiger charge is -2.15. The number of imidazole rings is 1. The molecule has 0 aliphatic rings. The number of hydrogen-bond donors (Lipinski definition) is 3. The zero-order valence-electron chi connectivity index (χ0n) is 15.9. The highest BCUT2D eigenvalue weighted by atomic mass is 19.1. The maximum atomic E-state index is 14.1. The molecule has 0 unspecified atom stereocenters. The molecule has 29 heavy (non-hydrogen) atoms. The van der Waals surface area contributed by atoms with Crippen LogP contribution in [0.5, 0.6) is 0 Å². The molecule has 3 N–H and O–H groups in total. The molecule has 2 aromatic carbocycles. The van der Waals surface area contributed by atoms with Crippen LogP contribution in [-0.4, -0.2) is 27.5 Å². The summed E-state index contributed by atoms with van der Waals surface area (Å²) in [6.07, 6.45) is 5.27. The average molecular weight is 395 g/mol. The summed E-state index contributed by atoms with van der Waals surface area (Å²) in [6.45, 7) is 2.43. The second kappa shape index (κ2) is 9.50. The third kappa shape index (κ3) is 6.17. The van der Waals surface area contributed by atoms with Crippen LogP contribution < -0.4 is 16.0 Å². The van der Waals surface area contributed by atoms with Gasteiger partial charge >= 0.3 is 6.03 Å². The fourth-order valence-electron chi connectivity index (χ4n) is 2.82. The number of anilines is 2. The molecule has 0 spiro atoms. The Morgan fingerprint density at radius 1 is 1.14 bits per heavy atom. The third-order valence-corrected chi connectivity index (χ3v) is 4.13. The van der Waals surface area contributed by atoms with Gasteiger partial charge in [0.05, 0.1) is 18.4 Å². The first-order chi connectivity index (χ1) is 14.0. The molecule has 0 saturated heterocycles. The highest BCUT2D eigenvalue weighted by Crippen LogP contribution is 2.20. The second-order valence-electron chi connectivity index (χ2n) is 6.66. The molecule has 3 rings (SSSR count). The lowest BCUT2D eigenvalue weighted by Crippen LogP contribution is -2.38. The number of nitrogens with zero attached hydrogens (tertiary/aromatic N) is 2. The van der Waals surface area contributed by atoms with Gasteiger partial charge in [0.2, 0.25) is 5.91 Å². The van der Waals surface area contributed by atoms with Crippen molar-refractivity contribution in [3.8, 4) is 0 Å². The highest BCUT2D eigenvalue weighted by Gasteiger charge is 2.12. The van der Waals surface area contributed by atoms with Crippen molar-refractivity contribution in [2.24, 2.45) is 0 Å². The van der Waals surface area contributed by atoms with Gasteiger partial charge in [-0.1, -0.05) is 30.3 Å². The van der Waals surface area contributed by atoms with E-state index in [0.29, 0.717) is 12.2 Å². The van der Waals surface area contributed by atoms with E-state index in [9.17, 15) is 14.0 Å². The second-order valence-corrected chi connectivity index (χ2v) is 6.66. The summed E-state index contributed by atoms with van der Waals surface area (Å²) in [6, 6.07) is 12.6. The molecule has 1 atom stereocenters. The Morgan fingerprint density at radius 3 is 2.66 bits per heavy atom. The van der Waals surface area contributed by atoms with Crippen molar-refractivity contribution >= 4 is 23.3 Å². The first kappa shape index (κ1) is 20.1. The molecule has 8 heteroatoms. The number of hydrogen-bond acceptors (Lipinski definition) is 3. The normalized spacial score (nSPS) is 11.5. The van der Waals surface area contributed by atoms with Crippen LogP contribution >= 0.6 is 0 Å². The fraction of sp³-hybridized carbons (Fsp3) is 0.190. The summed E-state index contributed by atoms with van der Waals surface area (Å²) in [7, 11) is 0. The van der Waals surface area contributed by atoms with Gasteiger partial charge in [0.25, 0.3) is 0 Å². The van der Waals surface area contributed by atoms with Gasteiger partial charge < -0.3 is 20.5 Å². The monoisotopic (exact) mass is 395 g/mol. The zero-order chi connectivity index (χ0) is 20.6. The Balaban J connectivity index is 1.56. The average Bonchev–Trinajstić information content (AvgIpc) is 3.18. The van der Waals surface area contributed by atoms with Gasteiger partial charge in [0, 0.05) is 30.7 Å². The number of amides is 3. The Bertz CT molecular complexity index is 960. The van der Waals surface area contributed by atoms with Gasteiger partial charge in [-0.15, -0.1) is 0 Å². The van der Waals surface area contributed by atoms with Crippen molar-refractivity contribution in [1.29, 1.82) is 0 Å². The molecule has 0 aliphatic heterocycles. The van der Waals surface area contributed by atoms with Crippen molar-refractivity contribution in [1.82, 2.24) is 14.9 Å². The number of carbonyl (C=O) groups is 2. The van der Waals surface area contributed by atoms with E-state index in [0.717, 1.165) is 5.56 Å². The van der Waals surface area contributed by atoms with Gasteiger partial charge in [-0.3, -0.25) is 4.79 Å². The van der Waals surface area contributed by atoms with E-state index < -0.39 is 11.8 Å². The van der Waals surface area contributed by atoms with Crippen molar-refractivity contribution in [2.75, 3.05) is 10.6 Å². The lowest BCUT2D eigenvalue weighted by molar-refractivity contribution is -0.115. The Hall–Kier alpha value is -3.68. The van der Waals surface area contributed by atoms with E-state index >= 15 is 0 Å². The van der Waals surface area contributed by atoms with E-state index in [1.165, 1.54) is 18.2 Å². The number of benzene rings is 2. The molecule has 3 amide bonds. The number of halogens is 1. The number of carbonyl (C=O) groups excluding carboxylic acids is 2. The standard InChI is InChI=1S/C21H22FN5O2/c1-15(13-27-10-9-23-14-27)24-21(29)25-17-7-8-18(22)19(12-17)26-20(28)11-16-5-3-2-4-6-16/h2-10,12,14-15H,11,13H2,1H3,(H,26,28)(H2,24,25,29)/t15-/m0/s1. The van der Waals surface area contributed by atoms with Gasteiger partial charge in [0.15, 0.2) is 0 Å². The van der Waals surface area contributed by atoms with Gasteiger partial charge in [-0.2, -0.15) is 0 Å². The van der Waals surface area contributed by atoms with Crippen LogP contribution in [-0.2, 0) is 17.8 Å². The largest absolute Gasteiger partial charge is 0.335 e. The number of rotatable bonds is 7. The first-order valence-electron chi connectivity index (χ1n) is 9.16. The van der Waals surface area contributed by atoms with Crippen LogP contribution in [0, 0.1) is 5.82 Å². The van der Waals surface area contributed by atoms with E-state index in [1.54, 1.807) is 18.7 Å². The fourth-order valence-corrected chi connectivity index (χ4v) is 2.82. The van der Waals surface area contributed by atoms with Gasteiger partial charge in [0.1, 0.15) is 5.82 Å². The smallest absolute Gasteiger partial charge is 0.319 e. The number of nitrogens with one attached hydrogen (secondary N) is 3. The minimum absolute atomic E-state index is 0.00944. The molecular formula is C21H22FN5O2. The predicted octanol–water partition coefficient (Wildman–Crippen LogP) is 3.41. The van der Waals surface area contributed by atoms with Crippen LogP contribution in [0.25, 0.3) is 0 Å². The van der Waals surface area contributed by atoms with Crippen LogP contribution in [0.1, 0.15) is 12.5 Å². The molecule has 0 saturated carbocycles. The molecule has 1 aromatic heterocycles. The van der Waals surface area contributed by atoms with E-state index in [1.807, 2.05) is 41.8 Å². The van der Waals surface area contributed by atoms with Gasteiger partial charge in [-0.05, 0) is 30.7 Å². The third-order valence-electron chi connectivity index (χ3n) is 4.13. The summed E-state index contributed by atoms with van der Waals surface area (Å²) >= 11 is 0. The van der Waals surface area contributed by atoms with Crippen molar-refractivity contribution in [2.45, 2.75) is 25.9 Å². The Kier molecular flexibility index (Phi) is 6.57. The molecule has 0 fully saturated rings. The van der Waals surface area contributed by atoms with Crippen LogP contribution in [0.2, 0.25) is 0 Å². The molecular weight excluding hydrogens is 373 g/mol. The van der Waals surface area contributed by atoms with E-state index in [4.69, 9.17) is 0 Å². The maximum Gasteiger partial charge on any atom is 0.319 e. The van der Waals surface area contributed by atoms with Gasteiger partial charge in [-0.25, -0.2) is 14.2 Å². The summed E-state index contributed by atoms with van der Waals surface area (Å²) < 4.78 is 15.9. The molecule has 150 valence electrons. The first-order valence-corrected chi connectivity index (χ1v) is 9.16. The van der Waals surface area contributed by atoms with Crippen molar-refractivity contribution in [3.05, 3.63) is 78.6 Å². The van der Waals surface area contributed by atoms with Crippen LogP contribution in [0.4, 0.5) is 20.6 Å². The molecule has 0 radical (unpaired) electrons. The predicted molar refractivity (Wildman–Crippen MR) is 109 cm³/mol. The van der Waals surface area contributed by atoms with Crippen molar-refractivity contribution < 1.29 is 14.0 Å². The number of aromatic nitrogens is 2. The Morgan fingerprint density at radius 2 is 1.93 bits per heavy atom. The minimum Gasteiger partial charge on any atom is -0.335 e. The SMILES string of the molecule is C[C@@H](Cn1ccnc1)NC(=O)Nc1ccc(F)c(NC(=O)Cc2ccccc2)c1.